The summed E-state index contributed by atoms with van der Waals surface area (Å²) >= 11 is 0. The van der Waals surface area contributed by atoms with Crippen molar-refractivity contribution < 1.29 is 9.84 Å². The van der Waals surface area contributed by atoms with E-state index in [2.05, 4.69) is 43.9 Å². The maximum atomic E-state index is 8.87. The van der Waals surface area contributed by atoms with E-state index >= 15 is 0 Å². The molecule has 0 amide bonds. The van der Waals surface area contributed by atoms with Crippen LogP contribution >= 0.6 is 0 Å². The number of rotatable bonds is 7. The van der Waals surface area contributed by atoms with Crippen molar-refractivity contribution in [3.8, 4) is 0 Å². The Morgan fingerprint density at radius 3 is 2.35 bits per heavy atom. The van der Waals surface area contributed by atoms with Crippen molar-refractivity contribution in [2.24, 2.45) is 0 Å². The van der Waals surface area contributed by atoms with Gasteiger partial charge in [0.2, 0.25) is 0 Å². The van der Waals surface area contributed by atoms with E-state index in [9.17, 15) is 0 Å². The summed E-state index contributed by atoms with van der Waals surface area (Å²) in [7, 11) is -1.13. The summed E-state index contributed by atoms with van der Waals surface area (Å²) in [6.07, 6.45) is 1.20. The van der Waals surface area contributed by atoms with Crippen molar-refractivity contribution >= 4 is 8.07 Å². The Bertz CT molecular complexity index is 306. The van der Waals surface area contributed by atoms with Crippen LogP contribution in [0.4, 0.5) is 0 Å². The average Bonchev–Trinajstić information content (AvgIpc) is 2.25. The fourth-order valence-electron chi connectivity index (χ4n) is 1.97. The third kappa shape index (κ3) is 6.61. The topological polar surface area (TPSA) is 29.5 Å². The number of aliphatic hydroxyl groups excluding tert-OH is 1. The van der Waals surface area contributed by atoms with E-state index in [1.807, 2.05) is 6.07 Å². The molecule has 1 N–H and O–H groups in total. The van der Waals surface area contributed by atoms with E-state index in [0.717, 1.165) is 12.5 Å². The predicted molar refractivity (Wildman–Crippen MR) is 75.1 cm³/mol. The van der Waals surface area contributed by atoms with E-state index in [4.69, 9.17) is 9.84 Å². The molecule has 1 rings (SSSR count). The number of ether oxygens (including phenoxy) is 1. The smallest absolute Gasteiger partial charge is 0.0701 e. The number of hydrogen-bond acceptors (Lipinski definition) is 2. The lowest BCUT2D eigenvalue weighted by Crippen LogP contribution is -2.30. The average molecular weight is 252 g/mol. The van der Waals surface area contributed by atoms with Gasteiger partial charge >= 0.3 is 0 Å². The molecular weight excluding hydrogens is 228 g/mol. The summed E-state index contributed by atoms with van der Waals surface area (Å²) in [5.41, 5.74) is 1.31. The lowest BCUT2D eigenvalue weighted by molar-refractivity contribution is 0.0388. The van der Waals surface area contributed by atoms with Gasteiger partial charge in [0, 0.05) is 8.07 Å². The van der Waals surface area contributed by atoms with Crippen LogP contribution in [0, 0.1) is 0 Å². The van der Waals surface area contributed by atoms with Crippen molar-refractivity contribution in [1.82, 2.24) is 0 Å². The van der Waals surface area contributed by atoms with Gasteiger partial charge in [-0.25, -0.2) is 0 Å². The van der Waals surface area contributed by atoms with Crippen molar-refractivity contribution in [3.63, 3.8) is 0 Å². The molecule has 0 aromatic heterocycles. The van der Waals surface area contributed by atoms with Crippen molar-refractivity contribution in [2.75, 3.05) is 13.2 Å². The predicted octanol–water partition coefficient (Wildman–Crippen LogP) is 2.94. The molecule has 0 heterocycles. The molecule has 0 fully saturated rings. The van der Waals surface area contributed by atoms with Crippen LogP contribution in [0.2, 0.25) is 25.7 Å². The van der Waals surface area contributed by atoms with Gasteiger partial charge in [0.1, 0.15) is 0 Å². The van der Waals surface area contributed by atoms with Crippen LogP contribution in [0.15, 0.2) is 30.3 Å². The number of hydrogen-bond donors (Lipinski definition) is 1. The Kier molecular flexibility index (Phi) is 5.89. The first-order valence-corrected chi connectivity index (χ1v) is 9.98. The second kappa shape index (κ2) is 6.94. The zero-order valence-electron chi connectivity index (χ0n) is 11.1. The monoisotopic (exact) mass is 252 g/mol. The van der Waals surface area contributed by atoms with Gasteiger partial charge in [0.25, 0.3) is 0 Å². The summed E-state index contributed by atoms with van der Waals surface area (Å²) in [6, 6.07) is 11.6. The van der Waals surface area contributed by atoms with Crippen molar-refractivity contribution in [2.45, 2.75) is 38.2 Å². The van der Waals surface area contributed by atoms with Crippen LogP contribution in [0.1, 0.15) is 5.56 Å². The van der Waals surface area contributed by atoms with Crippen molar-refractivity contribution in [1.29, 1.82) is 0 Å². The van der Waals surface area contributed by atoms with Gasteiger partial charge in [-0.15, -0.1) is 0 Å². The third-order valence-corrected chi connectivity index (χ3v) is 4.27. The van der Waals surface area contributed by atoms with Gasteiger partial charge in [-0.2, -0.15) is 0 Å². The molecule has 0 aliphatic carbocycles. The molecule has 3 heteroatoms. The molecule has 0 aliphatic heterocycles. The Labute approximate surface area is 106 Å². The lowest BCUT2D eigenvalue weighted by Gasteiger charge is -2.24. The molecule has 0 aliphatic rings. The quantitative estimate of drug-likeness (QED) is 0.756. The standard InChI is InChI=1S/C14H24O2Si/c1-17(2,3)12-14(16-10-9-15)11-13-7-5-4-6-8-13/h4-8,14-15H,9-12H2,1-3H3. The largest absolute Gasteiger partial charge is 0.394 e. The Morgan fingerprint density at radius 1 is 1.18 bits per heavy atom. The first-order valence-electron chi connectivity index (χ1n) is 6.27. The second-order valence-corrected chi connectivity index (χ2v) is 11.2. The van der Waals surface area contributed by atoms with E-state index in [1.165, 1.54) is 5.56 Å². The van der Waals surface area contributed by atoms with Crippen LogP contribution in [-0.4, -0.2) is 32.5 Å². The highest BCUT2D eigenvalue weighted by atomic mass is 28.3. The molecule has 1 atom stereocenters. The maximum Gasteiger partial charge on any atom is 0.0701 e. The zero-order valence-corrected chi connectivity index (χ0v) is 12.1. The number of aliphatic hydroxyl groups is 1. The van der Waals surface area contributed by atoms with Crippen LogP contribution in [0.3, 0.4) is 0 Å². The Balaban J connectivity index is 2.57. The minimum Gasteiger partial charge on any atom is -0.394 e. The van der Waals surface area contributed by atoms with Crippen molar-refractivity contribution in [3.05, 3.63) is 35.9 Å². The molecule has 0 saturated carbocycles. The second-order valence-electron chi connectivity index (χ2n) is 5.67. The van der Waals surface area contributed by atoms with E-state index in [0.29, 0.717) is 6.61 Å². The summed E-state index contributed by atoms with van der Waals surface area (Å²) in [4.78, 5) is 0. The van der Waals surface area contributed by atoms with E-state index in [1.54, 1.807) is 0 Å². The van der Waals surface area contributed by atoms with Crippen LogP contribution < -0.4 is 0 Å². The molecule has 1 unspecified atom stereocenters. The molecule has 1 aromatic carbocycles. The summed E-state index contributed by atoms with van der Waals surface area (Å²) in [5, 5.41) is 8.87. The van der Waals surface area contributed by atoms with Gasteiger partial charge in [0.05, 0.1) is 19.3 Å². The molecule has 17 heavy (non-hydrogen) atoms. The highest BCUT2D eigenvalue weighted by Gasteiger charge is 2.21. The van der Waals surface area contributed by atoms with Gasteiger partial charge < -0.3 is 9.84 Å². The minimum atomic E-state index is -1.13. The molecular formula is C14H24O2Si. The maximum absolute atomic E-state index is 8.87. The third-order valence-electron chi connectivity index (χ3n) is 2.59. The molecule has 0 saturated heterocycles. The molecule has 0 spiro atoms. The lowest BCUT2D eigenvalue weighted by atomic mass is 10.1. The zero-order chi connectivity index (χ0) is 12.7. The van der Waals surface area contributed by atoms with Gasteiger partial charge in [0.15, 0.2) is 0 Å². The fraction of sp³-hybridized carbons (Fsp3) is 0.571. The Morgan fingerprint density at radius 2 is 1.82 bits per heavy atom. The van der Waals surface area contributed by atoms with Gasteiger partial charge in [-0.1, -0.05) is 50.0 Å². The van der Waals surface area contributed by atoms with E-state index in [-0.39, 0.29) is 12.7 Å². The fourth-order valence-corrected chi connectivity index (χ4v) is 3.60. The van der Waals surface area contributed by atoms with Gasteiger partial charge in [-0.3, -0.25) is 0 Å². The SMILES string of the molecule is C[Si](C)(C)CC(Cc1ccccc1)OCCO. The molecule has 0 bridgehead atoms. The first-order chi connectivity index (χ1) is 8.01. The first kappa shape index (κ1) is 14.4. The highest BCUT2D eigenvalue weighted by Crippen LogP contribution is 2.18. The van der Waals surface area contributed by atoms with Crippen LogP contribution in [0.25, 0.3) is 0 Å². The molecule has 1 aromatic rings. The van der Waals surface area contributed by atoms with Crippen LogP contribution in [-0.2, 0) is 11.2 Å². The summed E-state index contributed by atoms with van der Waals surface area (Å²) in [6.45, 7) is 7.62. The summed E-state index contributed by atoms with van der Waals surface area (Å²) < 4.78 is 5.76. The number of benzene rings is 1. The van der Waals surface area contributed by atoms with Gasteiger partial charge in [-0.05, 0) is 18.0 Å². The van der Waals surface area contributed by atoms with E-state index < -0.39 is 8.07 Å². The Hall–Kier alpha value is -0.643. The molecule has 0 radical (unpaired) electrons. The molecule has 2 nitrogen and oxygen atoms in total. The minimum absolute atomic E-state index is 0.108. The van der Waals surface area contributed by atoms with Crippen LogP contribution in [0.5, 0.6) is 0 Å². The normalized spacial score (nSPS) is 13.6. The summed E-state index contributed by atoms with van der Waals surface area (Å²) in [5.74, 6) is 0. The highest BCUT2D eigenvalue weighted by molar-refractivity contribution is 6.76. The molecule has 96 valence electrons.